The highest BCUT2D eigenvalue weighted by Crippen LogP contribution is 2.16. The first kappa shape index (κ1) is 8.08. The summed E-state index contributed by atoms with van der Waals surface area (Å²) in [4.78, 5) is 8.43. The Bertz CT molecular complexity index is 382. The number of hydrogen-bond donors (Lipinski definition) is 0. The second kappa shape index (κ2) is 2.47. The van der Waals surface area contributed by atoms with Crippen molar-refractivity contribution in [2.45, 2.75) is 20.8 Å². The molecule has 0 atom stereocenters. The van der Waals surface area contributed by atoms with E-state index in [1.807, 2.05) is 32.0 Å². The van der Waals surface area contributed by atoms with Crippen LogP contribution in [0.1, 0.15) is 20.8 Å². The van der Waals surface area contributed by atoms with Crippen LogP contribution in [0, 0.1) is 0 Å². The molecule has 4 heteroatoms. The van der Waals surface area contributed by atoms with Crippen LogP contribution in [0.25, 0.3) is 0 Å². The molecule has 0 aromatic heterocycles. The van der Waals surface area contributed by atoms with E-state index in [-0.39, 0.29) is 0 Å². The molecule has 0 aliphatic carbocycles. The van der Waals surface area contributed by atoms with E-state index in [2.05, 4.69) is 21.5 Å². The molecule has 0 bridgehead atoms. The fourth-order valence-electron chi connectivity index (χ4n) is 1.48. The topological polar surface area (TPSA) is 32.9 Å². The van der Waals surface area contributed by atoms with Gasteiger partial charge in [-0.1, -0.05) is 0 Å². The van der Waals surface area contributed by atoms with Crippen molar-refractivity contribution in [3.8, 4) is 0 Å². The molecule has 0 aromatic rings. The summed E-state index contributed by atoms with van der Waals surface area (Å²) < 4.78 is 4.29. The minimum Gasteiger partial charge on any atom is -0.289 e. The van der Waals surface area contributed by atoms with E-state index in [4.69, 9.17) is 0 Å². The van der Waals surface area contributed by atoms with Crippen molar-refractivity contribution < 1.29 is 0 Å². The lowest BCUT2D eigenvalue weighted by Gasteiger charge is -2.13. The van der Waals surface area contributed by atoms with E-state index in [0.717, 1.165) is 17.6 Å². The quantitative estimate of drug-likeness (QED) is 0.501. The second-order valence-electron chi connectivity index (χ2n) is 3.32. The molecule has 0 saturated carbocycles. The third-order valence-corrected chi connectivity index (χ3v) is 2.29. The average Bonchev–Trinajstić information content (AvgIpc) is 2.32. The van der Waals surface area contributed by atoms with Crippen molar-refractivity contribution in [2.24, 2.45) is 4.99 Å². The zero-order valence-corrected chi connectivity index (χ0v) is 8.37. The van der Waals surface area contributed by atoms with Crippen molar-refractivity contribution in [3.63, 3.8) is 0 Å². The zero-order chi connectivity index (χ0) is 9.59. The fourth-order valence-corrected chi connectivity index (χ4v) is 1.48. The molecular weight excluding hydrogens is 164 g/mol. The molecule has 0 fully saturated rings. The van der Waals surface area contributed by atoms with Gasteiger partial charge in [0.1, 0.15) is 0 Å². The standard InChI is InChI=1S/C9H13N4/c1-6-5-13-8(3)10-7(2)11-9(13)12(6)4/h5H,1-4H3/q+1. The maximum absolute atomic E-state index is 4.37. The monoisotopic (exact) mass is 177 g/mol. The number of amidine groups is 2. The first-order valence-corrected chi connectivity index (χ1v) is 4.28. The summed E-state index contributed by atoms with van der Waals surface area (Å²) in [5.74, 6) is 2.74. The predicted molar refractivity (Wildman–Crippen MR) is 54.3 cm³/mol. The lowest BCUT2D eigenvalue weighted by molar-refractivity contribution is 0.613. The van der Waals surface area contributed by atoms with Gasteiger partial charge < -0.3 is 0 Å². The molecule has 4 nitrogen and oxygen atoms in total. The lowest BCUT2D eigenvalue weighted by atomic mass is 10.5. The number of hydrogen-bond acceptors (Lipinski definition) is 3. The van der Waals surface area contributed by atoms with E-state index in [1.54, 1.807) is 0 Å². The first-order valence-electron chi connectivity index (χ1n) is 4.28. The second-order valence-corrected chi connectivity index (χ2v) is 3.32. The Labute approximate surface area is 77.6 Å². The highest BCUT2D eigenvalue weighted by molar-refractivity contribution is 6.10. The van der Waals surface area contributed by atoms with Crippen molar-refractivity contribution in [2.75, 3.05) is 7.05 Å². The van der Waals surface area contributed by atoms with Crippen molar-refractivity contribution in [1.82, 2.24) is 14.5 Å². The normalized spacial score (nSPS) is 20.6. The van der Waals surface area contributed by atoms with Crippen LogP contribution in [0.15, 0.2) is 16.9 Å². The van der Waals surface area contributed by atoms with Gasteiger partial charge in [-0.2, -0.15) is 4.90 Å². The maximum atomic E-state index is 4.37. The van der Waals surface area contributed by atoms with Crippen LogP contribution in [-0.4, -0.2) is 34.5 Å². The minimum absolute atomic E-state index is 0.818. The molecule has 0 saturated heterocycles. The summed E-state index contributed by atoms with van der Waals surface area (Å²) >= 11 is 0. The predicted octanol–water partition coefficient (Wildman–Crippen LogP) is 0.369. The Hall–Kier alpha value is -1.54. The van der Waals surface area contributed by atoms with Gasteiger partial charge in [0.25, 0.3) is 5.84 Å². The molecule has 2 aliphatic heterocycles. The summed E-state index contributed by atoms with van der Waals surface area (Å²) in [5.41, 5.74) is 1.18. The van der Waals surface area contributed by atoms with Crippen LogP contribution in [0.5, 0.6) is 0 Å². The molecular formula is C9H13N4+. The third-order valence-electron chi connectivity index (χ3n) is 2.29. The first-order chi connectivity index (χ1) is 6.09. The van der Waals surface area contributed by atoms with Crippen LogP contribution < -0.4 is 4.67 Å². The fraction of sp³-hybridized carbons (Fsp3) is 0.444. The number of nitrogens with zero attached hydrogens (tertiary/aromatic N) is 4. The molecule has 2 rings (SSSR count). The minimum atomic E-state index is 0.818. The smallest absolute Gasteiger partial charge is 0.289 e. The number of allylic oxidation sites excluding steroid dienone is 1. The van der Waals surface area contributed by atoms with Gasteiger partial charge in [0.15, 0.2) is 0 Å². The largest absolute Gasteiger partial charge is 0.353 e. The van der Waals surface area contributed by atoms with Gasteiger partial charge in [-0.05, 0) is 11.9 Å². The van der Waals surface area contributed by atoms with Gasteiger partial charge in [-0.25, -0.2) is 4.67 Å². The summed E-state index contributed by atoms with van der Waals surface area (Å²) in [6, 6.07) is 0. The van der Waals surface area contributed by atoms with E-state index in [1.165, 1.54) is 5.70 Å². The Kier molecular flexibility index (Phi) is 1.54. The summed E-state index contributed by atoms with van der Waals surface area (Å²) in [6.07, 6.45) is 2.05. The Morgan fingerprint density at radius 1 is 1.31 bits per heavy atom. The SMILES string of the molecule is CC1=CN2C(=NC(C)=[N+]=C2C)N1C. The van der Waals surface area contributed by atoms with Gasteiger partial charge in [0.05, 0.1) is 11.9 Å². The molecule has 2 aliphatic rings. The van der Waals surface area contributed by atoms with Gasteiger partial charge in [-0.3, -0.25) is 4.90 Å². The summed E-state index contributed by atoms with van der Waals surface area (Å²) in [7, 11) is 2.01. The van der Waals surface area contributed by atoms with Crippen molar-refractivity contribution in [3.05, 3.63) is 11.9 Å². The Balaban J connectivity index is 2.51. The number of guanidine groups is 1. The molecule has 2 heterocycles. The maximum Gasteiger partial charge on any atom is 0.353 e. The van der Waals surface area contributed by atoms with E-state index < -0.39 is 0 Å². The summed E-state index contributed by atoms with van der Waals surface area (Å²) in [5, 5.41) is 0. The zero-order valence-electron chi connectivity index (χ0n) is 8.37. The van der Waals surface area contributed by atoms with E-state index in [0.29, 0.717) is 0 Å². The number of fused-ring (bicyclic) bond motifs is 1. The molecule has 0 radical (unpaired) electrons. The van der Waals surface area contributed by atoms with Gasteiger partial charge in [0.2, 0.25) is 0 Å². The Morgan fingerprint density at radius 2 is 2.00 bits per heavy atom. The third kappa shape index (κ3) is 1.07. The molecule has 0 unspecified atom stereocenters. The summed E-state index contributed by atoms with van der Waals surface area (Å²) in [6.45, 7) is 5.96. The van der Waals surface area contributed by atoms with Gasteiger partial charge in [-0.15, -0.1) is 0 Å². The van der Waals surface area contributed by atoms with Crippen molar-refractivity contribution >= 4 is 17.6 Å². The Morgan fingerprint density at radius 3 is 2.69 bits per heavy atom. The molecule has 0 amide bonds. The molecule has 13 heavy (non-hydrogen) atoms. The van der Waals surface area contributed by atoms with Crippen LogP contribution in [0.4, 0.5) is 0 Å². The van der Waals surface area contributed by atoms with Crippen LogP contribution >= 0.6 is 0 Å². The average molecular weight is 177 g/mol. The molecule has 0 aromatic carbocycles. The van der Waals surface area contributed by atoms with Crippen molar-refractivity contribution in [1.29, 1.82) is 0 Å². The van der Waals surface area contributed by atoms with Crippen LogP contribution in [0.3, 0.4) is 0 Å². The van der Waals surface area contributed by atoms with E-state index in [9.17, 15) is 0 Å². The van der Waals surface area contributed by atoms with Gasteiger partial charge in [0, 0.05) is 20.9 Å². The van der Waals surface area contributed by atoms with E-state index >= 15 is 0 Å². The molecule has 0 N–H and O–H groups in total. The van der Waals surface area contributed by atoms with Crippen LogP contribution in [-0.2, 0) is 0 Å². The highest BCUT2D eigenvalue weighted by Gasteiger charge is 2.35. The number of aliphatic imine (C=N–C) groups is 1. The van der Waals surface area contributed by atoms with Crippen LogP contribution in [0.2, 0.25) is 0 Å². The number of rotatable bonds is 0. The highest BCUT2D eigenvalue weighted by atomic mass is 15.4. The molecule has 68 valence electrons. The van der Waals surface area contributed by atoms with Gasteiger partial charge >= 0.3 is 11.8 Å². The molecule has 0 spiro atoms. The lowest BCUT2D eigenvalue weighted by Crippen LogP contribution is -2.39.